The number of carbonyl (C=O) groups excluding carboxylic acids is 1. The van der Waals surface area contributed by atoms with Crippen molar-refractivity contribution in [3.8, 4) is 0 Å². The molecule has 2 aromatic rings. The summed E-state index contributed by atoms with van der Waals surface area (Å²) in [6, 6.07) is 9.75. The molecule has 0 fully saturated rings. The fourth-order valence-electron chi connectivity index (χ4n) is 1.98. The smallest absolute Gasteiger partial charge is 0.219 e. The van der Waals surface area contributed by atoms with Crippen LogP contribution in [0.5, 0.6) is 0 Å². The van der Waals surface area contributed by atoms with Gasteiger partial charge in [0.15, 0.2) is 0 Å². The number of nitrogens with zero attached hydrogens (tertiary/aromatic N) is 1. The normalized spacial score (nSPS) is 12.5. The Morgan fingerprint density at radius 3 is 2.88 bits per heavy atom. The van der Waals surface area contributed by atoms with E-state index in [2.05, 4.69) is 10.3 Å². The fourth-order valence-corrected chi connectivity index (χ4v) is 1.98. The summed E-state index contributed by atoms with van der Waals surface area (Å²) in [7, 11) is 1.81. The molecule has 0 aliphatic rings. The highest BCUT2D eigenvalue weighted by molar-refractivity contribution is 5.83. The molecule has 0 aliphatic carbocycles. The number of hydrogen-bond acceptors (Lipinski definition) is 3. The minimum absolute atomic E-state index is 0.0916. The first kappa shape index (κ1) is 11.5. The van der Waals surface area contributed by atoms with E-state index in [1.54, 1.807) is 6.20 Å². The molecule has 0 bridgehead atoms. The number of primary amides is 1. The second-order valence-corrected chi connectivity index (χ2v) is 3.93. The summed E-state index contributed by atoms with van der Waals surface area (Å²) in [4.78, 5) is 15.4. The average Bonchev–Trinajstić information content (AvgIpc) is 2.35. The van der Waals surface area contributed by atoms with Crippen molar-refractivity contribution in [1.29, 1.82) is 0 Å². The molecule has 17 heavy (non-hydrogen) atoms. The number of nitrogens with one attached hydrogen (secondary N) is 1. The maximum atomic E-state index is 11.0. The molecule has 4 nitrogen and oxygen atoms in total. The van der Waals surface area contributed by atoms with E-state index in [0.29, 0.717) is 0 Å². The lowest BCUT2D eigenvalue weighted by Crippen LogP contribution is -2.24. The van der Waals surface area contributed by atoms with E-state index in [0.717, 1.165) is 16.5 Å². The van der Waals surface area contributed by atoms with E-state index >= 15 is 0 Å². The van der Waals surface area contributed by atoms with Gasteiger partial charge in [0, 0.05) is 24.0 Å². The maximum absolute atomic E-state index is 11.0. The van der Waals surface area contributed by atoms with Gasteiger partial charge < -0.3 is 11.1 Å². The monoisotopic (exact) mass is 229 g/mol. The number of carbonyl (C=O) groups is 1. The summed E-state index contributed by atoms with van der Waals surface area (Å²) in [5.41, 5.74) is 7.17. The Kier molecular flexibility index (Phi) is 3.35. The van der Waals surface area contributed by atoms with Gasteiger partial charge in [0.2, 0.25) is 5.91 Å². The Balaban J connectivity index is 2.49. The van der Waals surface area contributed by atoms with Crippen molar-refractivity contribution < 1.29 is 4.79 Å². The third-order valence-electron chi connectivity index (χ3n) is 2.79. The van der Waals surface area contributed by atoms with E-state index in [1.165, 1.54) is 0 Å². The molecule has 4 heteroatoms. The number of nitrogens with two attached hydrogens (primary N) is 1. The Morgan fingerprint density at radius 1 is 1.41 bits per heavy atom. The van der Waals surface area contributed by atoms with Gasteiger partial charge in [0.05, 0.1) is 5.52 Å². The van der Waals surface area contributed by atoms with Crippen LogP contribution in [0.4, 0.5) is 0 Å². The Morgan fingerprint density at radius 2 is 2.18 bits per heavy atom. The summed E-state index contributed by atoms with van der Waals surface area (Å²) in [5, 5.41) is 4.17. The van der Waals surface area contributed by atoms with Crippen molar-refractivity contribution >= 4 is 16.8 Å². The van der Waals surface area contributed by atoms with Gasteiger partial charge in [-0.05, 0) is 18.7 Å². The number of hydrogen-bond donors (Lipinski definition) is 2. The van der Waals surface area contributed by atoms with Crippen molar-refractivity contribution in [2.75, 3.05) is 7.05 Å². The van der Waals surface area contributed by atoms with Crippen LogP contribution < -0.4 is 11.1 Å². The van der Waals surface area contributed by atoms with Gasteiger partial charge in [-0.1, -0.05) is 24.3 Å². The van der Waals surface area contributed by atoms with Gasteiger partial charge >= 0.3 is 0 Å². The molecule has 0 radical (unpaired) electrons. The average molecular weight is 229 g/mol. The topological polar surface area (TPSA) is 68.0 Å². The van der Waals surface area contributed by atoms with E-state index in [1.807, 2.05) is 37.4 Å². The highest BCUT2D eigenvalue weighted by Crippen LogP contribution is 2.24. The van der Waals surface area contributed by atoms with E-state index in [9.17, 15) is 4.79 Å². The lowest BCUT2D eigenvalue weighted by molar-refractivity contribution is -0.118. The Labute approximate surface area is 99.8 Å². The van der Waals surface area contributed by atoms with Crippen molar-refractivity contribution in [2.24, 2.45) is 5.73 Å². The van der Waals surface area contributed by atoms with Crippen LogP contribution in [0.3, 0.4) is 0 Å². The van der Waals surface area contributed by atoms with Gasteiger partial charge in [-0.3, -0.25) is 9.78 Å². The highest BCUT2D eigenvalue weighted by Gasteiger charge is 2.15. The minimum atomic E-state index is -0.322. The molecule has 3 N–H and O–H groups in total. The summed E-state index contributed by atoms with van der Waals surface area (Å²) < 4.78 is 0. The van der Waals surface area contributed by atoms with Crippen LogP contribution >= 0.6 is 0 Å². The standard InChI is InChI=1S/C13H15N3O/c1-15-11(8-12(14)17)10-6-2-4-9-5-3-7-16-13(9)10/h2-7,11,15H,8H2,1H3,(H2,14,17). The number of amides is 1. The first-order valence-electron chi connectivity index (χ1n) is 5.51. The molecule has 1 atom stereocenters. The predicted molar refractivity (Wildman–Crippen MR) is 67.4 cm³/mol. The summed E-state index contributed by atoms with van der Waals surface area (Å²) in [6.07, 6.45) is 2.02. The molecule has 1 aromatic carbocycles. The molecule has 0 saturated heterocycles. The van der Waals surface area contributed by atoms with Crippen molar-refractivity contribution in [1.82, 2.24) is 10.3 Å². The van der Waals surface area contributed by atoms with Gasteiger partial charge in [-0.2, -0.15) is 0 Å². The lowest BCUT2D eigenvalue weighted by atomic mass is 10.00. The summed E-state index contributed by atoms with van der Waals surface area (Å²) >= 11 is 0. The van der Waals surface area contributed by atoms with Crippen LogP contribution in [0.2, 0.25) is 0 Å². The zero-order valence-electron chi connectivity index (χ0n) is 9.68. The molecule has 0 spiro atoms. The number of fused-ring (bicyclic) bond motifs is 1. The molecule has 1 aromatic heterocycles. The van der Waals surface area contributed by atoms with Crippen LogP contribution in [0.25, 0.3) is 10.9 Å². The van der Waals surface area contributed by atoms with Crippen molar-refractivity contribution in [2.45, 2.75) is 12.5 Å². The summed E-state index contributed by atoms with van der Waals surface area (Å²) in [5.74, 6) is -0.322. The van der Waals surface area contributed by atoms with Crippen molar-refractivity contribution in [3.05, 3.63) is 42.1 Å². The third kappa shape index (κ3) is 2.42. The SMILES string of the molecule is CNC(CC(N)=O)c1cccc2cccnc12. The maximum Gasteiger partial charge on any atom is 0.219 e. The summed E-state index contributed by atoms with van der Waals surface area (Å²) in [6.45, 7) is 0. The van der Waals surface area contributed by atoms with Crippen LogP contribution in [0.1, 0.15) is 18.0 Å². The number of benzene rings is 1. The molecule has 1 amide bonds. The number of pyridine rings is 1. The van der Waals surface area contributed by atoms with Gasteiger partial charge in [-0.15, -0.1) is 0 Å². The largest absolute Gasteiger partial charge is 0.370 e. The first-order valence-corrected chi connectivity index (χ1v) is 5.51. The minimum Gasteiger partial charge on any atom is -0.370 e. The number of aromatic nitrogens is 1. The number of rotatable bonds is 4. The molecule has 1 unspecified atom stereocenters. The molecule has 0 saturated carbocycles. The molecule has 1 heterocycles. The van der Waals surface area contributed by atoms with Crippen molar-refractivity contribution in [3.63, 3.8) is 0 Å². The Bertz CT molecular complexity index is 534. The van der Waals surface area contributed by atoms with Gasteiger partial charge in [0.1, 0.15) is 0 Å². The zero-order valence-corrected chi connectivity index (χ0v) is 9.68. The third-order valence-corrected chi connectivity index (χ3v) is 2.79. The Hall–Kier alpha value is -1.94. The van der Waals surface area contributed by atoms with E-state index < -0.39 is 0 Å². The lowest BCUT2D eigenvalue weighted by Gasteiger charge is -2.16. The van der Waals surface area contributed by atoms with E-state index in [4.69, 9.17) is 5.73 Å². The second kappa shape index (κ2) is 4.93. The quantitative estimate of drug-likeness (QED) is 0.832. The molecule has 0 aliphatic heterocycles. The van der Waals surface area contributed by atoms with E-state index in [-0.39, 0.29) is 18.4 Å². The fraction of sp³-hybridized carbons (Fsp3) is 0.231. The molecular formula is C13H15N3O. The number of para-hydroxylation sites is 1. The first-order chi connectivity index (χ1) is 8.22. The zero-order chi connectivity index (χ0) is 12.3. The van der Waals surface area contributed by atoms with Gasteiger partial charge in [-0.25, -0.2) is 0 Å². The predicted octanol–water partition coefficient (Wildman–Crippen LogP) is 1.37. The molecule has 88 valence electrons. The van der Waals surface area contributed by atoms with Gasteiger partial charge in [0.25, 0.3) is 0 Å². The highest BCUT2D eigenvalue weighted by atomic mass is 16.1. The second-order valence-electron chi connectivity index (χ2n) is 3.93. The molecule has 2 rings (SSSR count). The van der Waals surface area contributed by atoms with Crippen LogP contribution in [0.15, 0.2) is 36.5 Å². The van der Waals surface area contributed by atoms with Crippen LogP contribution in [-0.2, 0) is 4.79 Å². The van der Waals surface area contributed by atoms with Crippen LogP contribution in [0, 0.1) is 0 Å². The molecular weight excluding hydrogens is 214 g/mol. The van der Waals surface area contributed by atoms with Crippen LogP contribution in [-0.4, -0.2) is 17.9 Å².